The van der Waals surface area contributed by atoms with E-state index >= 15 is 0 Å². The van der Waals surface area contributed by atoms with Gasteiger partial charge >= 0.3 is 0 Å². The summed E-state index contributed by atoms with van der Waals surface area (Å²) in [6.07, 6.45) is 9.39. The third-order valence-corrected chi connectivity index (χ3v) is 6.25. The molecule has 0 radical (unpaired) electrons. The molecule has 0 saturated carbocycles. The van der Waals surface area contributed by atoms with Gasteiger partial charge in [0.1, 0.15) is 0 Å². The fourth-order valence-corrected chi connectivity index (χ4v) is 4.69. The van der Waals surface area contributed by atoms with Crippen LogP contribution in [0.3, 0.4) is 0 Å². The van der Waals surface area contributed by atoms with E-state index in [9.17, 15) is 0 Å². The lowest BCUT2D eigenvalue weighted by Crippen LogP contribution is -1.89. The van der Waals surface area contributed by atoms with Crippen LogP contribution >= 0.6 is 0 Å². The Morgan fingerprint density at radius 2 is 1.06 bits per heavy atom. The molecule has 0 heterocycles. The summed E-state index contributed by atoms with van der Waals surface area (Å²) in [6, 6.07) is 25.9. The first kappa shape index (κ1) is 31.2. The Balaban J connectivity index is 0.000000244. The summed E-state index contributed by atoms with van der Waals surface area (Å²) < 4.78 is 0. The van der Waals surface area contributed by atoms with Crippen molar-refractivity contribution in [1.82, 2.24) is 0 Å². The van der Waals surface area contributed by atoms with Gasteiger partial charge in [0.25, 0.3) is 0 Å². The van der Waals surface area contributed by atoms with E-state index < -0.39 is 0 Å². The van der Waals surface area contributed by atoms with Gasteiger partial charge in [-0.2, -0.15) is 0 Å². The van der Waals surface area contributed by atoms with E-state index in [0.29, 0.717) is 0 Å². The van der Waals surface area contributed by atoms with Crippen molar-refractivity contribution in [3.8, 4) is 0 Å². The van der Waals surface area contributed by atoms with Gasteiger partial charge in [0.2, 0.25) is 0 Å². The molecular formula is C36H50. The zero-order valence-electron chi connectivity index (χ0n) is 24.5. The van der Waals surface area contributed by atoms with Gasteiger partial charge in [-0.05, 0) is 84.4 Å². The van der Waals surface area contributed by atoms with Crippen LogP contribution in [-0.4, -0.2) is 0 Å². The van der Waals surface area contributed by atoms with Gasteiger partial charge in [-0.25, -0.2) is 0 Å². The Morgan fingerprint density at radius 3 is 1.58 bits per heavy atom. The van der Waals surface area contributed by atoms with Gasteiger partial charge < -0.3 is 0 Å². The van der Waals surface area contributed by atoms with E-state index in [1.807, 2.05) is 41.5 Å². The second kappa shape index (κ2) is 17.6. The maximum Gasteiger partial charge on any atom is -0.00606 e. The van der Waals surface area contributed by atoms with Crippen LogP contribution < -0.4 is 0 Å². The zero-order chi connectivity index (χ0) is 26.9. The molecule has 3 aromatic rings. The summed E-state index contributed by atoms with van der Waals surface area (Å²) in [5, 5.41) is 0. The van der Waals surface area contributed by atoms with Gasteiger partial charge in [-0.1, -0.05) is 139 Å². The Morgan fingerprint density at radius 1 is 0.583 bits per heavy atom. The Kier molecular flexibility index (Phi) is 15.2. The molecule has 0 fully saturated rings. The molecule has 3 aliphatic rings. The summed E-state index contributed by atoms with van der Waals surface area (Å²) in [7, 11) is 0. The second-order valence-electron chi connectivity index (χ2n) is 8.90. The van der Waals surface area contributed by atoms with Crippen molar-refractivity contribution in [1.29, 1.82) is 0 Å². The molecule has 194 valence electrons. The van der Waals surface area contributed by atoms with Crippen molar-refractivity contribution < 1.29 is 0 Å². The van der Waals surface area contributed by atoms with Gasteiger partial charge in [-0.3, -0.25) is 0 Å². The average molecular weight is 483 g/mol. The van der Waals surface area contributed by atoms with Gasteiger partial charge in [0.05, 0.1) is 0 Å². The second-order valence-corrected chi connectivity index (χ2v) is 8.90. The van der Waals surface area contributed by atoms with E-state index in [-0.39, 0.29) is 0 Å². The molecular weight excluding hydrogens is 432 g/mol. The normalized spacial score (nSPS) is 13.5. The van der Waals surface area contributed by atoms with Crippen molar-refractivity contribution >= 4 is 11.6 Å². The molecule has 0 spiro atoms. The van der Waals surface area contributed by atoms with Crippen LogP contribution in [0.5, 0.6) is 0 Å². The summed E-state index contributed by atoms with van der Waals surface area (Å²) in [6.45, 7) is 18.7. The molecule has 3 aromatic carbocycles. The third-order valence-electron chi connectivity index (χ3n) is 6.25. The minimum atomic E-state index is 0.873. The molecule has 0 amide bonds. The maximum atomic E-state index is 2.32. The van der Waals surface area contributed by atoms with E-state index in [1.165, 1.54) is 46.2 Å². The van der Waals surface area contributed by atoms with Crippen LogP contribution in [0.25, 0.3) is 11.6 Å². The van der Waals surface area contributed by atoms with Crippen LogP contribution in [0.2, 0.25) is 0 Å². The number of allylic oxidation sites excluding steroid dienone is 3. The molecule has 0 nitrogen and oxygen atoms in total. The first-order valence-corrected chi connectivity index (χ1v) is 14.2. The summed E-state index contributed by atoms with van der Waals surface area (Å²) in [5.74, 6) is 0.873. The van der Waals surface area contributed by atoms with Crippen LogP contribution in [0, 0.1) is 5.92 Å². The van der Waals surface area contributed by atoms with Crippen LogP contribution in [-0.2, 0) is 25.7 Å². The number of rotatable bonds is 0. The van der Waals surface area contributed by atoms with Crippen molar-refractivity contribution in [2.75, 3.05) is 0 Å². The van der Waals surface area contributed by atoms with E-state index in [2.05, 4.69) is 106 Å². The number of benzene rings is 3. The number of hydrogen-bond acceptors (Lipinski definition) is 0. The lowest BCUT2D eigenvalue weighted by Gasteiger charge is -1.97. The monoisotopic (exact) mass is 482 g/mol. The quantitative estimate of drug-likeness (QED) is 0.299. The van der Waals surface area contributed by atoms with Crippen molar-refractivity contribution in [3.05, 3.63) is 118 Å². The van der Waals surface area contributed by atoms with E-state index in [4.69, 9.17) is 0 Å². The average Bonchev–Trinajstić information content (AvgIpc) is 3.63. The fourth-order valence-electron chi connectivity index (χ4n) is 4.69. The van der Waals surface area contributed by atoms with Crippen molar-refractivity contribution in [2.24, 2.45) is 5.92 Å². The van der Waals surface area contributed by atoms with Crippen LogP contribution in [0.4, 0.5) is 0 Å². The maximum absolute atomic E-state index is 2.32. The third kappa shape index (κ3) is 9.30. The van der Waals surface area contributed by atoms with Crippen LogP contribution in [0.15, 0.2) is 84.4 Å². The molecule has 0 N–H and O–H groups in total. The number of fused-ring (bicyclic) bond motifs is 3. The summed E-state index contributed by atoms with van der Waals surface area (Å²) >= 11 is 0. The molecule has 36 heavy (non-hydrogen) atoms. The lowest BCUT2D eigenvalue weighted by molar-refractivity contribution is 0.628. The molecule has 0 saturated heterocycles. The molecule has 0 unspecified atom stereocenters. The highest BCUT2D eigenvalue weighted by Crippen LogP contribution is 2.26. The minimum Gasteiger partial charge on any atom is -0.0766 e. The zero-order valence-corrected chi connectivity index (χ0v) is 24.5. The minimum absolute atomic E-state index is 0.873. The highest BCUT2D eigenvalue weighted by atomic mass is 14.2. The van der Waals surface area contributed by atoms with Gasteiger partial charge in [0, 0.05) is 0 Å². The van der Waals surface area contributed by atoms with E-state index in [1.54, 1.807) is 11.1 Å². The molecule has 6 rings (SSSR count). The highest BCUT2D eigenvalue weighted by molar-refractivity contribution is 5.71. The highest BCUT2D eigenvalue weighted by Gasteiger charge is 2.15. The molecule has 3 aliphatic carbocycles. The van der Waals surface area contributed by atoms with Gasteiger partial charge in [-0.15, -0.1) is 0 Å². The predicted molar refractivity (Wildman–Crippen MR) is 165 cm³/mol. The van der Waals surface area contributed by atoms with Crippen molar-refractivity contribution in [3.63, 3.8) is 0 Å². The first-order chi connectivity index (χ1) is 17.6. The van der Waals surface area contributed by atoms with Crippen LogP contribution in [0.1, 0.15) is 95.7 Å². The predicted octanol–water partition coefficient (Wildman–Crippen LogP) is 10.8. The molecule has 0 heteroatoms. The molecule has 0 aliphatic heterocycles. The number of hydrogen-bond donors (Lipinski definition) is 0. The largest absolute Gasteiger partial charge is 0.0766 e. The first-order valence-electron chi connectivity index (χ1n) is 14.2. The van der Waals surface area contributed by atoms with Gasteiger partial charge in [0.15, 0.2) is 0 Å². The van der Waals surface area contributed by atoms with E-state index in [0.717, 1.165) is 18.8 Å². The molecule has 0 atom stereocenters. The standard InChI is InChI=1S/C10H12.2C10H10.3C2H6/c2*1-8-6-9-4-2-3-5-10(9)7-8;1-8-6-7-9-4-2-3-5-10(8)9;3*1-2/h2-5,8H,6-7H2,1H3;2*2-6H,7H2,1H3;3*1-2H3. The fraction of sp³-hybridized carbons (Fsp3) is 0.389. The summed E-state index contributed by atoms with van der Waals surface area (Å²) in [5.41, 5.74) is 11.8. The lowest BCUT2D eigenvalue weighted by atomic mass is 10.1. The molecule has 0 aromatic heterocycles. The SMILES string of the molecule is CC.CC.CC.CC1=CCc2ccccc21.CC1=Cc2ccccc2C1.CC1Cc2ccccc2C1. The Hall–Kier alpha value is -2.86. The topological polar surface area (TPSA) is 0 Å². The smallest absolute Gasteiger partial charge is 0.00606 e. The Labute approximate surface area is 223 Å². The Bertz CT molecular complexity index is 1050. The summed E-state index contributed by atoms with van der Waals surface area (Å²) in [4.78, 5) is 0. The molecule has 0 bridgehead atoms. The van der Waals surface area contributed by atoms with Crippen molar-refractivity contribution in [2.45, 2.75) is 88.0 Å².